The normalized spacial score (nSPS) is 20.7. The molecule has 2 N–H and O–H groups in total. The minimum Gasteiger partial charge on any atom is -0.508 e. The van der Waals surface area contributed by atoms with E-state index in [0.29, 0.717) is 18.5 Å². The van der Waals surface area contributed by atoms with Crippen LogP contribution in [0.3, 0.4) is 0 Å². The predicted molar refractivity (Wildman–Crippen MR) is 266 cm³/mol. The number of carbonyl (C=O) groups excluding carboxylic acids is 1. The number of phenolic OH excluding ortho intramolecular Hbond substituents is 2. The molecule has 2 saturated heterocycles. The maximum Gasteiger partial charge on any atom is 0.155 e. The number of benzene rings is 3. The zero-order valence-electron chi connectivity index (χ0n) is 34.6. The van der Waals surface area contributed by atoms with E-state index in [9.17, 15) is 15.0 Å². The molecule has 59 heavy (non-hydrogen) atoms. The van der Waals surface area contributed by atoms with Crippen molar-refractivity contribution in [2.24, 2.45) is 0 Å². The van der Waals surface area contributed by atoms with Crippen molar-refractivity contribution in [3.05, 3.63) is 112 Å². The van der Waals surface area contributed by atoms with Crippen molar-refractivity contribution < 1.29 is 15.0 Å². The van der Waals surface area contributed by atoms with Gasteiger partial charge in [-0.05, 0) is 188 Å². The first-order valence-electron chi connectivity index (χ1n) is 21.4. The summed E-state index contributed by atoms with van der Waals surface area (Å²) in [5.74, 6) is 0.585. The molecule has 6 heteroatoms. The molecule has 3 aromatic carbocycles. The van der Waals surface area contributed by atoms with Crippen LogP contribution in [-0.2, 0) is 4.79 Å². The van der Waals surface area contributed by atoms with Crippen LogP contribution in [0.1, 0.15) is 158 Å². The van der Waals surface area contributed by atoms with Crippen LogP contribution in [0.15, 0.2) is 72.8 Å². The number of carbonyl (C=O) groups is 1. The van der Waals surface area contributed by atoms with E-state index < -0.39 is 0 Å². The Morgan fingerprint density at radius 3 is 1.41 bits per heavy atom. The van der Waals surface area contributed by atoms with Gasteiger partial charge in [0.1, 0.15) is 11.5 Å². The van der Waals surface area contributed by atoms with E-state index in [2.05, 4.69) is 86.0 Å². The molecule has 0 spiro atoms. The Kier molecular flexibility index (Phi) is 22.5. The Labute approximate surface area is 377 Å². The van der Waals surface area contributed by atoms with Crippen molar-refractivity contribution in [1.29, 1.82) is 0 Å². The third kappa shape index (κ3) is 14.7. The van der Waals surface area contributed by atoms with Gasteiger partial charge in [0.05, 0.1) is 0 Å². The van der Waals surface area contributed by atoms with Gasteiger partial charge >= 0.3 is 0 Å². The average Bonchev–Trinajstić information content (AvgIpc) is 3.19. The standard InChI is InChI=1S/C19H27N.C17H23NO2.C14H16O.3CH4.HI/c1-15-9-10-19(16(2)13-15)17-7-6-8-18(14-17)20-11-4-3-5-12-20;19-15-7-8-16(17(20)12-15)13-5-4-6-14(11-13)18-9-2-1-3-10-18;1-10-6-7-14(11(2)8-10)12-4-3-5-13(15)9-12;;;;/h9-10,13-14,18H,3-8,11-12H2,1-2H3;7-8,11-12,14,19-20H,1-6,9-10H2;6-9H,3-5H2,1-2H3;3*1H4;1H. The number of aryl methyl sites for hydroxylation is 4. The van der Waals surface area contributed by atoms with Gasteiger partial charge in [-0.15, -0.1) is 24.0 Å². The molecule has 2 unspecified atom stereocenters. The fourth-order valence-corrected chi connectivity index (χ4v) is 9.47. The van der Waals surface area contributed by atoms with Gasteiger partial charge in [0.15, 0.2) is 5.78 Å². The van der Waals surface area contributed by atoms with Crippen molar-refractivity contribution in [2.75, 3.05) is 26.2 Å². The second-order valence-corrected chi connectivity index (χ2v) is 16.8. The number of rotatable bonds is 5. The van der Waals surface area contributed by atoms with E-state index in [4.69, 9.17) is 0 Å². The van der Waals surface area contributed by atoms with Crippen molar-refractivity contribution in [1.82, 2.24) is 9.80 Å². The molecule has 2 heterocycles. The summed E-state index contributed by atoms with van der Waals surface area (Å²) in [4.78, 5) is 16.6. The lowest BCUT2D eigenvalue weighted by Crippen LogP contribution is -2.39. The molecule has 326 valence electrons. The van der Waals surface area contributed by atoms with Crippen LogP contribution in [0, 0.1) is 27.7 Å². The molecule has 2 fully saturated rings. The molecule has 5 nitrogen and oxygen atoms in total. The highest BCUT2D eigenvalue weighted by Crippen LogP contribution is 2.36. The van der Waals surface area contributed by atoms with Crippen LogP contribution in [0.5, 0.6) is 11.5 Å². The number of nitrogens with zero attached hydrogens (tertiary/aromatic N) is 2. The summed E-state index contributed by atoms with van der Waals surface area (Å²) < 4.78 is 0. The highest BCUT2D eigenvalue weighted by Gasteiger charge is 2.24. The van der Waals surface area contributed by atoms with E-state index in [1.807, 2.05) is 12.1 Å². The summed E-state index contributed by atoms with van der Waals surface area (Å²) in [6.45, 7) is 13.7. The third-order valence-corrected chi connectivity index (χ3v) is 12.4. The van der Waals surface area contributed by atoms with Gasteiger partial charge in [-0.3, -0.25) is 14.6 Å². The largest absolute Gasteiger partial charge is 0.508 e. The number of hydrogen-bond donors (Lipinski definition) is 2. The molecule has 2 aliphatic heterocycles. The number of hydrogen-bond acceptors (Lipinski definition) is 5. The summed E-state index contributed by atoms with van der Waals surface area (Å²) in [6.07, 6.45) is 25.0. The Morgan fingerprint density at radius 2 is 0.949 bits per heavy atom. The van der Waals surface area contributed by atoms with Gasteiger partial charge in [0, 0.05) is 30.1 Å². The van der Waals surface area contributed by atoms with Crippen LogP contribution >= 0.6 is 24.0 Å². The molecule has 0 bridgehead atoms. The SMILES string of the molecule is C.C.C.Cc1ccc(C2=CC(=O)CCC2)c(C)c1.Cc1ccc(C2=CC(N3CCCCC3)CCC2)c(C)c1.I.Oc1ccc(C2=CC(N3CCCCC3)CCC2)c(O)c1. The molecule has 0 aromatic heterocycles. The summed E-state index contributed by atoms with van der Waals surface area (Å²) in [5.41, 5.74) is 13.0. The summed E-state index contributed by atoms with van der Waals surface area (Å²) in [7, 11) is 0. The number of phenols is 2. The van der Waals surface area contributed by atoms with E-state index in [1.54, 1.807) is 11.6 Å². The minimum atomic E-state index is 0. The first-order valence-corrected chi connectivity index (χ1v) is 21.4. The lowest BCUT2D eigenvalue weighted by atomic mass is 9.87. The van der Waals surface area contributed by atoms with Gasteiger partial charge < -0.3 is 10.2 Å². The monoisotopic (exact) mass is 919 g/mol. The zero-order chi connectivity index (χ0) is 38.7. The smallest absolute Gasteiger partial charge is 0.155 e. The molecule has 0 saturated carbocycles. The number of halogens is 1. The first-order chi connectivity index (χ1) is 26.6. The summed E-state index contributed by atoms with van der Waals surface area (Å²) in [6, 6.07) is 19.5. The molecule has 3 aliphatic carbocycles. The highest BCUT2D eigenvalue weighted by atomic mass is 127. The molecule has 8 rings (SSSR count). The Morgan fingerprint density at radius 1 is 0.508 bits per heavy atom. The molecule has 0 radical (unpaired) electrons. The predicted octanol–water partition coefficient (Wildman–Crippen LogP) is 14.2. The Bertz CT molecular complexity index is 1770. The second kappa shape index (κ2) is 25.5. The molecule has 0 amide bonds. The van der Waals surface area contributed by atoms with Crippen molar-refractivity contribution in [2.45, 2.75) is 158 Å². The fourth-order valence-electron chi connectivity index (χ4n) is 9.47. The molecule has 3 aromatic rings. The lowest BCUT2D eigenvalue weighted by molar-refractivity contribution is -0.114. The van der Waals surface area contributed by atoms with Crippen LogP contribution in [0.2, 0.25) is 0 Å². The van der Waals surface area contributed by atoms with Crippen LogP contribution in [-0.4, -0.2) is 64.1 Å². The van der Waals surface area contributed by atoms with E-state index >= 15 is 0 Å². The van der Waals surface area contributed by atoms with Gasteiger partial charge in [-0.2, -0.15) is 0 Å². The maximum absolute atomic E-state index is 11.3. The van der Waals surface area contributed by atoms with Gasteiger partial charge in [0.25, 0.3) is 0 Å². The van der Waals surface area contributed by atoms with Crippen LogP contribution < -0.4 is 0 Å². The maximum atomic E-state index is 11.3. The van der Waals surface area contributed by atoms with Crippen molar-refractivity contribution in [3.63, 3.8) is 0 Å². The van der Waals surface area contributed by atoms with Crippen molar-refractivity contribution >= 4 is 46.5 Å². The average molecular weight is 919 g/mol. The van der Waals surface area contributed by atoms with Crippen molar-refractivity contribution in [3.8, 4) is 11.5 Å². The Hall–Kier alpha value is -3.20. The van der Waals surface area contributed by atoms with Gasteiger partial charge in [-0.25, -0.2) is 0 Å². The topological polar surface area (TPSA) is 64.0 Å². The van der Waals surface area contributed by atoms with E-state index in [1.165, 1.54) is 147 Å². The number of likely N-dealkylation sites (tertiary alicyclic amines) is 2. The molecular formula is C53H79IN2O3. The van der Waals surface area contributed by atoms with Crippen LogP contribution in [0.4, 0.5) is 0 Å². The van der Waals surface area contributed by atoms with E-state index in [-0.39, 0.29) is 63.5 Å². The van der Waals surface area contributed by atoms with Gasteiger partial charge in [0.2, 0.25) is 0 Å². The highest BCUT2D eigenvalue weighted by molar-refractivity contribution is 14.0. The second-order valence-electron chi connectivity index (χ2n) is 16.8. The van der Waals surface area contributed by atoms with E-state index in [0.717, 1.165) is 24.8 Å². The molecule has 5 aliphatic rings. The molecular weight excluding hydrogens is 839 g/mol. The minimum absolute atomic E-state index is 0. The zero-order valence-corrected chi connectivity index (χ0v) is 37.0. The summed E-state index contributed by atoms with van der Waals surface area (Å²) >= 11 is 0. The summed E-state index contributed by atoms with van der Waals surface area (Å²) in [5, 5.41) is 19.4. The number of piperidine rings is 2. The number of ketones is 1. The number of allylic oxidation sites excluding steroid dienone is 4. The first kappa shape index (κ1) is 51.9. The molecule has 2 atom stereocenters. The fraction of sp³-hybridized carbons (Fsp3) is 0.528. The van der Waals surface area contributed by atoms with Gasteiger partial charge in [-0.1, -0.05) is 94.8 Å². The third-order valence-electron chi connectivity index (χ3n) is 12.4. The quantitative estimate of drug-likeness (QED) is 0.250. The lowest BCUT2D eigenvalue weighted by Gasteiger charge is -2.35. The van der Waals surface area contributed by atoms with Crippen LogP contribution in [0.25, 0.3) is 16.7 Å². The number of aromatic hydroxyl groups is 2. The Balaban J connectivity index is 0.000000298.